The van der Waals surface area contributed by atoms with E-state index >= 15 is 0 Å². The lowest BCUT2D eigenvalue weighted by Gasteiger charge is -2.32. The molecule has 12 heteroatoms. The fourth-order valence-corrected chi connectivity index (χ4v) is 7.83. The third-order valence-electron chi connectivity index (χ3n) is 6.09. The fourth-order valence-electron chi connectivity index (χ4n) is 4.44. The number of aromatic hydroxyl groups is 1. The largest absolute Gasteiger partial charge is 0.508 e. The van der Waals surface area contributed by atoms with E-state index in [0.717, 1.165) is 29.1 Å². The van der Waals surface area contributed by atoms with Crippen LogP contribution in [0.2, 0.25) is 0 Å². The van der Waals surface area contributed by atoms with E-state index in [1.165, 1.54) is 27.0 Å². The van der Waals surface area contributed by atoms with Crippen molar-refractivity contribution in [2.45, 2.75) is 23.1 Å². The number of piperidine rings is 1. The molecule has 4 aromatic heterocycles. The van der Waals surface area contributed by atoms with Gasteiger partial charge in [0.1, 0.15) is 15.7 Å². The van der Waals surface area contributed by atoms with Gasteiger partial charge in [-0.05, 0) is 42.5 Å². The standard InChI is InChI=1S/C24H22N6O3S3/c31-18-6-1-4-16(14-18)21-22(30-11-13-35-24(30)28-21)19-8-9-25-23(27-19)26-17-5-2-10-29(15-17)36(32,33)20-7-3-12-34-20/h1,3-4,6-9,11-14,17,31H,2,5,10,15H2,(H,25,26,27)/t17-/m1/s1. The molecular weight excluding hydrogens is 517 g/mol. The average Bonchev–Trinajstić information content (AvgIpc) is 3.62. The molecule has 0 radical (unpaired) electrons. The maximum atomic E-state index is 13.0. The van der Waals surface area contributed by atoms with Gasteiger partial charge in [-0.1, -0.05) is 18.2 Å². The van der Waals surface area contributed by atoms with Crippen LogP contribution in [0.25, 0.3) is 27.6 Å². The van der Waals surface area contributed by atoms with Crippen LogP contribution in [0.4, 0.5) is 5.95 Å². The molecule has 1 aliphatic rings. The van der Waals surface area contributed by atoms with Crippen LogP contribution in [-0.4, -0.2) is 56.3 Å². The SMILES string of the molecule is O=S(=O)(c1cccs1)N1CCC[C@@H](Nc2nccc(-c3c(-c4cccc(O)c4)nc4sccn34)n2)C1. The van der Waals surface area contributed by atoms with Crippen molar-refractivity contribution in [3.8, 4) is 28.4 Å². The molecule has 0 unspecified atom stereocenters. The lowest BCUT2D eigenvalue weighted by Crippen LogP contribution is -2.45. The molecule has 5 aromatic rings. The van der Waals surface area contributed by atoms with E-state index in [1.807, 2.05) is 28.1 Å². The average molecular weight is 539 g/mol. The van der Waals surface area contributed by atoms with E-state index < -0.39 is 10.0 Å². The number of anilines is 1. The number of fused-ring (bicyclic) bond motifs is 1. The molecule has 1 fully saturated rings. The number of aromatic nitrogens is 4. The number of sulfonamides is 1. The third kappa shape index (κ3) is 4.26. The molecule has 1 saturated heterocycles. The Bertz CT molecular complexity index is 1630. The molecule has 5 heterocycles. The Morgan fingerprint density at radius 2 is 2.00 bits per heavy atom. The van der Waals surface area contributed by atoms with E-state index in [1.54, 1.807) is 41.9 Å². The fraction of sp³-hybridized carbons (Fsp3) is 0.208. The number of nitrogens with one attached hydrogen (secondary N) is 1. The summed E-state index contributed by atoms with van der Waals surface area (Å²) in [5, 5.41) is 17.1. The van der Waals surface area contributed by atoms with Gasteiger partial charge >= 0.3 is 0 Å². The highest BCUT2D eigenvalue weighted by atomic mass is 32.2. The molecule has 1 aromatic carbocycles. The van der Waals surface area contributed by atoms with Crippen LogP contribution in [0.1, 0.15) is 12.8 Å². The van der Waals surface area contributed by atoms with Crippen molar-refractivity contribution in [1.29, 1.82) is 0 Å². The van der Waals surface area contributed by atoms with Crippen LogP contribution in [0, 0.1) is 0 Å². The van der Waals surface area contributed by atoms with Crippen LogP contribution < -0.4 is 5.32 Å². The minimum atomic E-state index is -3.51. The maximum absolute atomic E-state index is 13.0. The van der Waals surface area contributed by atoms with Crippen LogP contribution in [0.5, 0.6) is 5.75 Å². The molecule has 2 N–H and O–H groups in total. The summed E-state index contributed by atoms with van der Waals surface area (Å²) in [4.78, 5) is 14.8. The van der Waals surface area contributed by atoms with Crippen LogP contribution in [0.15, 0.2) is 69.8 Å². The Kier molecular flexibility index (Phi) is 5.96. The first-order valence-corrected chi connectivity index (χ1v) is 14.6. The Labute approximate surface area is 215 Å². The molecule has 184 valence electrons. The smallest absolute Gasteiger partial charge is 0.252 e. The first kappa shape index (κ1) is 23.1. The molecule has 36 heavy (non-hydrogen) atoms. The third-order valence-corrected chi connectivity index (χ3v) is 10.1. The van der Waals surface area contributed by atoms with Crippen LogP contribution >= 0.6 is 22.7 Å². The number of nitrogens with zero attached hydrogens (tertiary/aromatic N) is 5. The van der Waals surface area contributed by atoms with Gasteiger partial charge in [0.25, 0.3) is 10.0 Å². The second-order valence-electron chi connectivity index (χ2n) is 8.46. The summed E-state index contributed by atoms with van der Waals surface area (Å²) in [6.07, 6.45) is 5.20. The van der Waals surface area contributed by atoms with Gasteiger partial charge in [-0.2, -0.15) is 4.31 Å². The van der Waals surface area contributed by atoms with E-state index in [-0.39, 0.29) is 11.8 Å². The summed E-state index contributed by atoms with van der Waals surface area (Å²) in [5.41, 5.74) is 2.98. The first-order valence-electron chi connectivity index (χ1n) is 11.4. The Morgan fingerprint density at radius 3 is 2.83 bits per heavy atom. The summed E-state index contributed by atoms with van der Waals surface area (Å²) in [6.45, 7) is 0.850. The monoisotopic (exact) mass is 538 g/mol. The maximum Gasteiger partial charge on any atom is 0.252 e. The quantitative estimate of drug-likeness (QED) is 0.326. The number of hydrogen-bond donors (Lipinski definition) is 2. The number of thiazole rings is 1. The molecule has 0 amide bonds. The molecule has 1 aliphatic heterocycles. The molecule has 0 bridgehead atoms. The Hall–Kier alpha value is -3.32. The van der Waals surface area contributed by atoms with Crippen LogP contribution in [0.3, 0.4) is 0 Å². The summed E-state index contributed by atoms with van der Waals surface area (Å²) in [5.74, 6) is 0.596. The summed E-state index contributed by atoms with van der Waals surface area (Å²) >= 11 is 2.75. The lowest BCUT2D eigenvalue weighted by atomic mass is 10.1. The van der Waals surface area contributed by atoms with Gasteiger partial charge in [-0.15, -0.1) is 22.7 Å². The molecular formula is C24H22N6O3S3. The zero-order valence-corrected chi connectivity index (χ0v) is 21.4. The highest BCUT2D eigenvalue weighted by Gasteiger charge is 2.31. The second-order valence-corrected chi connectivity index (χ2v) is 12.4. The number of phenols is 1. The van der Waals surface area contributed by atoms with Gasteiger partial charge in [-0.3, -0.25) is 4.40 Å². The summed E-state index contributed by atoms with van der Waals surface area (Å²) < 4.78 is 29.9. The summed E-state index contributed by atoms with van der Waals surface area (Å²) in [7, 11) is -3.51. The topological polar surface area (TPSA) is 113 Å². The predicted molar refractivity (Wildman–Crippen MR) is 141 cm³/mol. The molecule has 6 rings (SSSR count). The molecule has 9 nitrogen and oxygen atoms in total. The highest BCUT2D eigenvalue weighted by molar-refractivity contribution is 7.91. The Morgan fingerprint density at radius 1 is 1.08 bits per heavy atom. The van der Waals surface area contributed by atoms with E-state index in [4.69, 9.17) is 9.97 Å². The zero-order valence-electron chi connectivity index (χ0n) is 19.0. The Balaban J connectivity index is 1.30. The van der Waals surface area contributed by atoms with Gasteiger partial charge in [0.05, 0.1) is 11.4 Å². The molecule has 0 spiro atoms. The number of imidazole rings is 1. The van der Waals surface area contributed by atoms with Gasteiger partial charge in [-0.25, -0.2) is 23.4 Å². The van der Waals surface area contributed by atoms with E-state index in [9.17, 15) is 13.5 Å². The number of phenolic OH excluding ortho intramolecular Hbond substituents is 1. The van der Waals surface area contributed by atoms with Crippen molar-refractivity contribution < 1.29 is 13.5 Å². The van der Waals surface area contributed by atoms with Gasteiger partial charge in [0.15, 0.2) is 4.96 Å². The van der Waals surface area contributed by atoms with Crippen LogP contribution in [-0.2, 0) is 10.0 Å². The van der Waals surface area contributed by atoms with Crippen molar-refractivity contribution in [3.63, 3.8) is 0 Å². The molecule has 1 atom stereocenters. The highest BCUT2D eigenvalue weighted by Crippen LogP contribution is 2.35. The molecule has 0 saturated carbocycles. The predicted octanol–water partition coefficient (Wildman–Crippen LogP) is 4.55. The summed E-state index contributed by atoms with van der Waals surface area (Å²) in [6, 6.07) is 12.1. The van der Waals surface area contributed by atoms with Gasteiger partial charge in [0, 0.05) is 42.5 Å². The molecule has 0 aliphatic carbocycles. The second kappa shape index (κ2) is 9.28. The van der Waals surface area contributed by atoms with Crippen molar-refractivity contribution in [2.75, 3.05) is 18.4 Å². The van der Waals surface area contributed by atoms with Gasteiger partial charge < -0.3 is 10.4 Å². The number of thiophene rings is 1. The minimum Gasteiger partial charge on any atom is -0.508 e. The number of benzene rings is 1. The van der Waals surface area contributed by atoms with Crippen molar-refractivity contribution in [3.05, 3.63) is 65.6 Å². The number of rotatable bonds is 6. The van der Waals surface area contributed by atoms with E-state index in [2.05, 4.69) is 10.3 Å². The van der Waals surface area contributed by atoms with Crippen molar-refractivity contribution in [2.24, 2.45) is 0 Å². The number of hydrogen-bond acceptors (Lipinski definition) is 9. The van der Waals surface area contributed by atoms with E-state index in [0.29, 0.717) is 34.6 Å². The van der Waals surface area contributed by atoms with Crippen molar-refractivity contribution in [1.82, 2.24) is 23.7 Å². The normalized spacial score (nSPS) is 16.9. The van der Waals surface area contributed by atoms with Crippen molar-refractivity contribution >= 4 is 43.6 Å². The first-order chi connectivity index (χ1) is 17.5. The van der Waals surface area contributed by atoms with Gasteiger partial charge in [0.2, 0.25) is 5.95 Å². The lowest BCUT2D eigenvalue weighted by molar-refractivity contribution is 0.327. The zero-order chi connectivity index (χ0) is 24.7. The minimum absolute atomic E-state index is 0.110.